The summed E-state index contributed by atoms with van der Waals surface area (Å²) in [5.41, 5.74) is -0.102. The summed E-state index contributed by atoms with van der Waals surface area (Å²) in [6, 6.07) is 0.346. The van der Waals surface area contributed by atoms with E-state index in [0.29, 0.717) is 12.6 Å². The molecule has 1 fully saturated rings. The number of amides is 1. The number of piperidine rings is 1. The van der Waals surface area contributed by atoms with E-state index < -0.39 is 12.1 Å². The third kappa shape index (κ3) is 3.44. The minimum Gasteiger partial charge on any atom is -0.477 e. The van der Waals surface area contributed by atoms with Gasteiger partial charge >= 0.3 is 5.97 Å². The van der Waals surface area contributed by atoms with Gasteiger partial charge < -0.3 is 20.2 Å². The lowest BCUT2D eigenvalue weighted by Gasteiger charge is -2.32. The third-order valence-electron chi connectivity index (χ3n) is 3.64. The summed E-state index contributed by atoms with van der Waals surface area (Å²) in [7, 11) is 2.05. The van der Waals surface area contributed by atoms with Crippen molar-refractivity contribution in [3.63, 3.8) is 0 Å². The number of aliphatic carboxylic acids is 1. The van der Waals surface area contributed by atoms with Crippen molar-refractivity contribution < 1.29 is 19.5 Å². The number of carboxylic acid groups (broad SMARTS) is 1. The zero-order valence-corrected chi connectivity index (χ0v) is 11.0. The highest BCUT2D eigenvalue weighted by molar-refractivity contribution is 6.36. The van der Waals surface area contributed by atoms with E-state index in [1.807, 2.05) is 7.05 Å². The van der Waals surface area contributed by atoms with E-state index >= 15 is 0 Å². The highest BCUT2D eigenvalue weighted by Crippen LogP contribution is 2.15. The largest absolute Gasteiger partial charge is 0.477 e. The molecule has 19 heavy (non-hydrogen) atoms. The van der Waals surface area contributed by atoms with E-state index in [9.17, 15) is 9.59 Å². The number of carboxylic acids is 1. The van der Waals surface area contributed by atoms with Gasteiger partial charge in [-0.1, -0.05) is 11.6 Å². The minimum absolute atomic E-state index is 0.0294. The Kier molecular flexibility index (Phi) is 4.36. The summed E-state index contributed by atoms with van der Waals surface area (Å²) < 4.78 is 0. The van der Waals surface area contributed by atoms with Crippen LogP contribution in [0.5, 0.6) is 0 Å². The van der Waals surface area contributed by atoms with Crippen LogP contribution in [-0.2, 0) is 14.4 Å². The fraction of sp³-hybridized carbons (Fsp3) is 0.750. The van der Waals surface area contributed by atoms with Gasteiger partial charge in [0.25, 0.3) is 5.91 Å². The fourth-order valence-corrected chi connectivity index (χ4v) is 2.38. The molecule has 0 bridgehead atoms. The van der Waals surface area contributed by atoms with Gasteiger partial charge in [-0.05, 0) is 26.4 Å². The SMILES string of the molecule is CN1CCCCC1CNC(=O)C1CC(C(=O)O)=NO1. The summed E-state index contributed by atoms with van der Waals surface area (Å²) in [5.74, 6) is -1.43. The van der Waals surface area contributed by atoms with E-state index in [0.717, 1.165) is 13.0 Å². The summed E-state index contributed by atoms with van der Waals surface area (Å²) in [6.45, 7) is 1.62. The normalized spacial score (nSPS) is 27.5. The van der Waals surface area contributed by atoms with Gasteiger partial charge in [0.15, 0.2) is 5.71 Å². The lowest BCUT2D eigenvalue weighted by atomic mass is 10.0. The Balaban J connectivity index is 1.75. The molecule has 7 heteroatoms. The van der Waals surface area contributed by atoms with Crippen molar-refractivity contribution in [1.29, 1.82) is 0 Å². The van der Waals surface area contributed by atoms with Crippen LogP contribution in [0, 0.1) is 0 Å². The summed E-state index contributed by atoms with van der Waals surface area (Å²) >= 11 is 0. The minimum atomic E-state index is -1.14. The molecule has 2 rings (SSSR count). The quantitative estimate of drug-likeness (QED) is 0.738. The van der Waals surface area contributed by atoms with Crippen LogP contribution in [0.25, 0.3) is 0 Å². The Bertz CT molecular complexity index is 396. The van der Waals surface area contributed by atoms with Gasteiger partial charge in [-0.2, -0.15) is 0 Å². The lowest BCUT2D eigenvalue weighted by molar-refractivity contribution is -0.131. The number of nitrogens with one attached hydrogen (secondary N) is 1. The third-order valence-corrected chi connectivity index (χ3v) is 3.64. The van der Waals surface area contributed by atoms with E-state index in [-0.39, 0.29) is 18.0 Å². The maximum Gasteiger partial charge on any atom is 0.353 e. The van der Waals surface area contributed by atoms with E-state index in [4.69, 9.17) is 9.94 Å². The first-order valence-corrected chi connectivity index (χ1v) is 6.52. The van der Waals surface area contributed by atoms with Gasteiger partial charge in [0.05, 0.1) is 0 Å². The lowest BCUT2D eigenvalue weighted by Crippen LogP contribution is -2.46. The van der Waals surface area contributed by atoms with E-state index in [1.165, 1.54) is 12.8 Å². The molecule has 2 heterocycles. The molecule has 2 unspecified atom stereocenters. The Morgan fingerprint density at radius 2 is 2.32 bits per heavy atom. The Labute approximate surface area is 111 Å². The zero-order valence-electron chi connectivity index (χ0n) is 11.0. The highest BCUT2D eigenvalue weighted by Gasteiger charge is 2.32. The molecule has 2 aliphatic rings. The molecule has 2 aliphatic heterocycles. The number of likely N-dealkylation sites (N-methyl/N-ethyl adjacent to an activating group) is 1. The molecule has 0 radical (unpaired) electrons. The van der Waals surface area contributed by atoms with Gasteiger partial charge in [0.2, 0.25) is 6.10 Å². The monoisotopic (exact) mass is 269 g/mol. The molecule has 106 valence electrons. The molecule has 0 spiro atoms. The molecule has 0 saturated carbocycles. The summed E-state index contributed by atoms with van der Waals surface area (Å²) in [6.07, 6.45) is 2.67. The molecule has 0 aromatic heterocycles. The Morgan fingerprint density at radius 3 is 2.95 bits per heavy atom. The topological polar surface area (TPSA) is 91.2 Å². The smallest absolute Gasteiger partial charge is 0.353 e. The average Bonchev–Trinajstić information content (AvgIpc) is 2.87. The maximum absolute atomic E-state index is 11.8. The number of rotatable bonds is 4. The second-order valence-electron chi connectivity index (χ2n) is 5.02. The van der Waals surface area contributed by atoms with Gasteiger partial charge in [-0.25, -0.2) is 4.79 Å². The van der Waals surface area contributed by atoms with Crippen LogP contribution in [0.15, 0.2) is 5.16 Å². The van der Waals surface area contributed by atoms with Crippen molar-refractivity contribution >= 4 is 17.6 Å². The molecule has 1 saturated heterocycles. The number of likely N-dealkylation sites (tertiary alicyclic amines) is 1. The van der Waals surface area contributed by atoms with Crippen molar-refractivity contribution in [2.75, 3.05) is 20.1 Å². The second kappa shape index (κ2) is 6.01. The molecule has 1 amide bonds. The number of hydrogen-bond acceptors (Lipinski definition) is 5. The van der Waals surface area contributed by atoms with Gasteiger partial charge in [-0.3, -0.25) is 4.79 Å². The van der Waals surface area contributed by atoms with Crippen LogP contribution in [0.3, 0.4) is 0 Å². The van der Waals surface area contributed by atoms with Gasteiger partial charge in [0.1, 0.15) is 0 Å². The summed E-state index contributed by atoms with van der Waals surface area (Å²) in [4.78, 5) is 29.6. The van der Waals surface area contributed by atoms with Crippen molar-refractivity contribution in [2.45, 2.75) is 37.8 Å². The Hall–Kier alpha value is -1.63. The first kappa shape index (κ1) is 13.8. The molecular weight excluding hydrogens is 250 g/mol. The predicted octanol–water partition coefficient (Wildman–Crippen LogP) is -0.184. The van der Waals surface area contributed by atoms with Crippen LogP contribution >= 0.6 is 0 Å². The molecule has 2 atom stereocenters. The molecule has 0 aromatic carbocycles. The van der Waals surface area contributed by atoms with Gasteiger partial charge in [0, 0.05) is 19.0 Å². The number of nitrogens with zero attached hydrogens (tertiary/aromatic N) is 2. The number of carbonyl (C=O) groups excluding carboxylic acids is 1. The zero-order chi connectivity index (χ0) is 13.8. The van der Waals surface area contributed by atoms with Crippen molar-refractivity contribution in [3.8, 4) is 0 Å². The molecular formula is C12H19N3O4. The first-order valence-electron chi connectivity index (χ1n) is 6.52. The second-order valence-corrected chi connectivity index (χ2v) is 5.02. The molecule has 2 N–H and O–H groups in total. The number of oxime groups is 1. The van der Waals surface area contributed by atoms with Crippen molar-refractivity contribution in [2.24, 2.45) is 5.16 Å². The molecule has 0 aromatic rings. The van der Waals surface area contributed by atoms with Crippen LogP contribution in [0.1, 0.15) is 25.7 Å². The van der Waals surface area contributed by atoms with E-state index in [1.54, 1.807) is 0 Å². The van der Waals surface area contributed by atoms with E-state index in [2.05, 4.69) is 15.4 Å². The molecule has 7 nitrogen and oxygen atoms in total. The van der Waals surface area contributed by atoms with Crippen LogP contribution in [0.4, 0.5) is 0 Å². The van der Waals surface area contributed by atoms with Crippen LogP contribution in [-0.4, -0.2) is 59.9 Å². The molecule has 0 aliphatic carbocycles. The number of hydrogen-bond donors (Lipinski definition) is 2. The summed E-state index contributed by atoms with van der Waals surface area (Å²) in [5, 5.41) is 14.9. The first-order chi connectivity index (χ1) is 9.08. The fourth-order valence-electron chi connectivity index (χ4n) is 2.38. The van der Waals surface area contributed by atoms with Gasteiger partial charge in [-0.15, -0.1) is 0 Å². The Morgan fingerprint density at radius 1 is 1.53 bits per heavy atom. The van der Waals surface area contributed by atoms with Crippen molar-refractivity contribution in [3.05, 3.63) is 0 Å². The standard InChI is InChI=1S/C12H19N3O4/c1-15-5-3-2-4-8(15)7-13-11(16)10-6-9(12(17)18)14-19-10/h8,10H,2-7H2,1H3,(H,13,16)(H,17,18). The predicted molar refractivity (Wildman–Crippen MR) is 67.8 cm³/mol. The van der Waals surface area contributed by atoms with Crippen molar-refractivity contribution in [1.82, 2.24) is 10.2 Å². The van der Waals surface area contributed by atoms with Crippen LogP contribution < -0.4 is 5.32 Å². The number of carbonyl (C=O) groups is 2. The average molecular weight is 269 g/mol. The highest BCUT2D eigenvalue weighted by atomic mass is 16.6. The van der Waals surface area contributed by atoms with Crippen LogP contribution in [0.2, 0.25) is 0 Å². The maximum atomic E-state index is 11.8.